The Morgan fingerprint density at radius 2 is 1.76 bits per heavy atom. The van der Waals surface area contributed by atoms with Gasteiger partial charge in [-0.2, -0.15) is 13.2 Å². The van der Waals surface area contributed by atoms with Crippen LogP contribution < -0.4 is 4.90 Å². The molecule has 3 nitrogen and oxygen atoms in total. The van der Waals surface area contributed by atoms with E-state index in [1.165, 1.54) is 0 Å². The van der Waals surface area contributed by atoms with Crippen molar-refractivity contribution in [2.45, 2.75) is 25.9 Å². The van der Waals surface area contributed by atoms with Crippen LogP contribution in [0.4, 0.5) is 19.0 Å². The molecule has 0 amide bonds. The average Bonchev–Trinajstić information content (AvgIpc) is 2.46. The molecule has 2 heterocycles. The predicted molar refractivity (Wildman–Crippen MR) is 75.2 cm³/mol. The molecule has 0 aliphatic carbocycles. The lowest BCUT2D eigenvalue weighted by Crippen LogP contribution is -2.34. The van der Waals surface area contributed by atoms with E-state index in [0.717, 1.165) is 25.9 Å². The summed E-state index contributed by atoms with van der Waals surface area (Å²) in [5.74, 6) is -0.0499. The van der Waals surface area contributed by atoms with Gasteiger partial charge in [-0.3, -0.25) is 0 Å². The second-order valence-corrected chi connectivity index (χ2v) is 5.56. The van der Waals surface area contributed by atoms with Crippen LogP contribution in [0.15, 0.2) is 24.3 Å². The van der Waals surface area contributed by atoms with Crippen LogP contribution in [0.5, 0.6) is 0 Å². The van der Waals surface area contributed by atoms with E-state index in [2.05, 4.69) is 16.9 Å². The number of piperidine rings is 1. The number of benzene rings is 1. The number of para-hydroxylation sites is 1. The first-order valence-corrected chi connectivity index (χ1v) is 7.04. The molecule has 0 atom stereocenters. The maximum absolute atomic E-state index is 13.0. The van der Waals surface area contributed by atoms with E-state index in [1.54, 1.807) is 24.3 Å². The summed E-state index contributed by atoms with van der Waals surface area (Å²) in [7, 11) is 0. The van der Waals surface area contributed by atoms with Crippen molar-refractivity contribution in [1.29, 1.82) is 0 Å². The highest BCUT2D eigenvalue weighted by atomic mass is 19.4. The van der Waals surface area contributed by atoms with Crippen LogP contribution in [0.3, 0.4) is 0 Å². The molecule has 0 N–H and O–H groups in total. The minimum absolute atomic E-state index is 0.341. The predicted octanol–water partition coefficient (Wildman–Crippen LogP) is 3.88. The number of hydrogen-bond acceptors (Lipinski definition) is 3. The number of nitrogens with zero attached hydrogens (tertiary/aromatic N) is 3. The minimum atomic E-state index is -4.53. The molecular formula is C15H16F3N3. The van der Waals surface area contributed by atoms with Crippen molar-refractivity contribution in [3.63, 3.8) is 0 Å². The van der Waals surface area contributed by atoms with Crippen LogP contribution >= 0.6 is 0 Å². The number of rotatable bonds is 1. The van der Waals surface area contributed by atoms with Crippen LogP contribution in [0.1, 0.15) is 25.6 Å². The molecule has 112 valence electrons. The molecule has 1 aliphatic heterocycles. The lowest BCUT2D eigenvalue weighted by Gasteiger charge is -2.32. The van der Waals surface area contributed by atoms with Gasteiger partial charge < -0.3 is 4.90 Å². The molecule has 6 heteroatoms. The zero-order chi connectivity index (χ0) is 15.0. The zero-order valence-corrected chi connectivity index (χ0v) is 11.7. The Labute approximate surface area is 120 Å². The van der Waals surface area contributed by atoms with E-state index in [-0.39, 0.29) is 0 Å². The monoisotopic (exact) mass is 295 g/mol. The normalized spacial score (nSPS) is 17.4. The van der Waals surface area contributed by atoms with Crippen LogP contribution in [-0.2, 0) is 6.18 Å². The number of hydrogen-bond donors (Lipinski definition) is 0. The van der Waals surface area contributed by atoms with Gasteiger partial charge in [-0.1, -0.05) is 19.1 Å². The molecule has 0 saturated carbocycles. The van der Waals surface area contributed by atoms with Gasteiger partial charge in [-0.25, -0.2) is 9.97 Å². The first-order valence-electron chi connectivity index (χ1n) is 7.04. The molecule has 0 spiro atoms. The van der Waals surface area contributed by atoms with Gasteiger partial charge in [-0.05, 0) is 30.9 Å². The van der Waals surface area contributed by atoms with Crippen molar-refractivity contribution in [3.8, 4) is 0 Å². The van der Waals surface area contributed by atoms with Crippen LogP contribution in [0.2, 0.25) is 0 Å². The van der Waals surface area contributed by atoms with Gasteiger partial charge in [0.25, 0.3) is 0 Å². The van der Waals surface area contributed by atoms with Crippen molar-refractivity contribution in [2.75, 3.05) is 18.0 Å². The van der Waals surface area contributed by atoms with Crippen LogP contribution in [0, 0.1) is 5.92 Å². The lowest BCUT2D eigenvalue weighted by atomic mass is 9.99. The average molecular weight is 295 g/mol. The summed E-state index contributed by atoms with van der Waals surface area (Å²) in [5.41, 5.74) is 0.341. The second-order valence-electron chi connectivity index (χ2n) is 5.56. The largest absolute Gasteiger partial charge is 0.451 e. The molecule has 0 bridgehead atoms. The van der Waals surface area contributed by atoms with E-state index in [9.17, 15) is 13.2 Å². The summed E-state index contributed by atoms with van der Waals surface area (Å²) in [6.45, 7) is 3.63. The Balaban J connectivity index is 2.11. The van der Waals surface area contributed by atoms with Crippen LogP contribution in [-0.4, -0.2) is 23.1 Å². The first kappa shape index (κ1) is 14.1. The third-order valence-electron chi connectivity index (χ3n) is 3.92. The van der Waals surface area contributed by atoms with Gasteiger partial charge in [0.1, 0.15) is 5.82 Å². The van der Waals surface area contributed by atoms with Gasteiger partial charge in [0.15, 0.2) is 0 Å². The summed E-state index contributed by atoms with van der Waals surface area (Å²) < 4.78 is 38.9. The standard InChI is InChI=1S/C15H16F3N3/c1-10-6-8-21(9-7-10)13-11-4-2-3-5-12(11)19-14(20-13)15(16,17)18/h2-5,10H,6-9H2,1H3. The fraction of sp³-hybridized carbons (Fsp3) is 0.467. The summed E-state index contributed by atoms with van der Waals surface area (Å²) >= 11 is 0. The van der Waals surface area contributed by atoms with E-state index in [4.69, 9.17) is 0 Å². The Morgan fingerprint density at radius 3 is 2.43 bits per heavy atom. The summed E-state index contributed by atoms with van der Waals surface area (Å²) in [6, 6.07) is 6.87. The van der Waals surface area contributed by atoms with Gasteiger partial charge >= 0.3 is 6.18 Å². The topological polar surface area (TPSA) is 29.0 Å². The van der Waals surface area contributed by atoms with Crippen molar-refractivity contribution < 1.29 is 13.2 Å². The molecule has 1 aromatic heterocycles. The molecular weight excluding hydrogens is 279 g/mol. The molecule has 1 aliphatic rings. The summed E-state index contributed by atoms with van der Waals surface area (Å²) in [6.07, 6.45) is -2.58. The Kier molecular flexibility index (Phi) is 3.47. The smallest absolute Gasteiger partial charge is 0.356 e. The van der Waals surface area contributed by atoms with E-state index < -0.39 is 12.0 Å². The molecule has 0 unspecified atom stereocenters. The van der Waals surface area contributed by atoms with Gasteiger partial charge in [-0.15, -0.1) is 0 Å². The van der Waals surface area contributed by atoms with E-state index in [1.807, 2.05) is 4.90 Å². The molecule has 1 aromatic carbocycles. The molecule has 0 radical (unpaired) electrons. The summed E-state index contributed by atoms with van der Waals surface area (Å²) in [5, 5.41) is 0.681. The molecule has 3 rings (SSSR count). The molecule has 1 fully saturated rings. The maximum Gasteiger partial charge on any atom is 0.451 e. The minimum Gasteiger partial charge on any atom is -0.356 e. The van der Waals surface area contributed by atoms with Gasteiger partial charge in [0.2, 0.25) is 5.82 Å². The second kappa shape index (κ2) is 5.16. The van der Waals surface area contributed by atoms with Crippen LogP contribution in [0.25, 0.3) is 10.9 Å². The highest BCUT2D eigenvalue weighted by molar-refractivity contribution is 5.89. The zero-order valence-electron chi connectivity index (χ0n) is 11.7. The highest BCUT2D eigenvalue weighted by Gasteiger charge is 2.36. The van der Waals surface area contributed by atoms with Crippen molar-refractivity contribution in [3.05, 3.63) is 30.1 Å². The maximum atomic E-state index is 13.0. The number of halogens is 3. The summed E-state index contributed by atoms with van der Waals surface area (Å²) in [4.78, 5) is 9.41. The molecule has 1 saturated heterocycles. The SMILES string of the molecule is CC1CCN(c2nc(C(F)(F)F)nc3ccccc23)CC1. The Morgan fingerprint density at radius 1 is 1.10 bits per heavy atom. The lowest BCUT2D eigenvalue weighted by molar-refractivity contribution is -0.144. The highest BCUT2D eigenvalue weighted by Crippen LogP contribution is 2.33. The number of anilines is 1. The molecule has 21 heavy (non-hydrogen) atoms. The number of alkyl halides is 3. The van der Waals surface area contributed by atoms with E-state index in [0.29, 0.717) is 22.6 Å². The van der Waals surface area contributed by atoms with Gasteiger partial charge in [0, 0.05) is 18.5 Å². The molecule has 2 aromatic rings. The van der Waals surface area contributed by atoms with Crippen molar-refractivity contribution in [1.82, 2.24) is 9.97 Å². The third-order valence-corrected chi connectivity index (χ3v) is 3.92. The Hall–Kier alpha value is -1.85. The quantitative estimate of drug-likeness (QED) is 0.799. The van der Waals surface area contributed by atoms with Crippen molar-refractivity contribution in [2.24, 2.45) is 5.92 Å². The van der Waals surface area contributed by atoms with Gasteiger partial charge in [0.05, 0.1) is 5.52 Å². The fourth-order valence-electron chi connectivity index (χ4n) is 2.65. The van der Waals surface area contributed by atoms with E-state index >= 15 is 0 Å². The number of fused-ring (bicyclic) bond motifs is 1. The third kappa shape index (κ3) is 2.80. The number of aromatic nitrogens is 2. The Bertz CT molecular complexity index is 646. The van der Waals surface area contributed by atoms with Crippen molar-refractivity contribution >= 4 is 16.7 Å². The first-order chi connectivity index (χ1) is 9.95. The fourth-order valence-corrected chi connectivity index (χ4v) is 2.65.